The Morgan fingerprint density at radius 2 is 1.86 bits per heavy atom. The number of benzene rings is 1. The van der Waals surface area contributed by atoms with Crippen molar-refractivity contribution in [3.63, 3.8) is 0 Å². The molecule has 158 valence electrons. The molecule has 1 spiro atoms. The molecule has 1 aromatic rings. The zero-order chi connectivity index (χ0) is 20.6. The summed E-state index contributed by atoms with van der Waals surface area (Å²) >= 11 is -4.14. The van der Waals surface area contributed by atoms with Gasteiger partial charge in [0.15, 0.2) is 0 Å². The molecule has 10 heteroatoms. The third-order valence-corrected chi connectivity index (χ3v) is 15.6. The summed E-state index contributed by atoms with van der Waals surface area (Å²) in [4.78, 5) is 0. The first-order valence-electron chi connectivity index (χ1n) is 9.03. The van der Waals surface area contributed by atoms with E-state index in [9.17, 15) is 21.6 Å². The summed E-state index contributed by atoms with van der Waals surface area (Å²) in [6.07, 6.45) is 2.26. The molecule has 28 heavy (non-hydrogen) atoms. The summed E-state index contributed by atoms with van der Waals surface area (Å²) in [5.74, 6) is 0.954. The van der Waals surface area contributed by atoms with Crippen LogP contribution in [0, 0.1) is 16.7 Å². The first kappa shape index (κ1) is 20.5. The maximum absolute atomic E-state index is 13.2. The van der Waals surface area contributed by atoms with Gasteiger partial charge in [-0.25, -0.2) is 0 Å². The van der Waals surface area contributed by atoms with Crippen molar-refractivity contribution in [2.75, 3.05) is 7.11 Å². The number of ether oxygens (including phenoxy) is 1. The fourth-order valence-electron chi connectivity index (χ4n) is 5.22. The molecule has 0 amide bonds. The van der Waals surface area contributed by atoms with Gasteiger partial charge in [0.2, 0.25) is 0 Å². The molecule has 1 heterocycles. The van der Waals surface area contributed by atoms with Gasteiger partial charge in [-0.3, -0.25) is 0 Å². The van der Waals surface area contributed by atoms with Gasteiger partial charge in [-0.2, -0.15) is 0 Å². The van der Waals surface area contributed by atoms with Crippen LogP contribution in [0.15, 0.2) is 24.3 Å². The second-order valence-electron chi connectivity index (χ2n) is 8.34. The SMILES string of the molecule is COc1ccc([Se]2(OS(=O)(=O)C(F)(F)F)CC34CCC(CC3O2)C4(C)C)cc1. The second kappa shape index (κ2) is 6.11. The first-order valence-corrected chi connectivity index (χ1v) is 13.9. The van der Waals surface area contributed by atoms with Gasteiger partial charge in [-0.1, -0.05) is 0 Å². The molecule has 2 saturated carbocycles. The summed E-state index contributed by atoms with van der Waals surface area (Å²) < 4.78 is 80.2. The van der Waals surface area contributed by atoms with Crippen molar-refractivity contribution >= 4 is 28.1 Å². The van der Waals surface area contributed by atoms with E-state index in [1.807, 2.05) is 0 Å². The zero-order valence-corrected chi connectivity index (χ0v) is 18.3. The van der Waals surface area contributed by atoms with Crippen LogP contribution in [-0.2, 0) is 17.2 Å². The van der Waals surface area contributed by atoms with Gasteiger partial charge >= 0.3 is 165 Å². The van der Waals surface area contributed by atoms with Gasteiger partial charge < -0.3 is 0 Å². The number of hydrogen-bond acceptors (Lipinski definition) is 5. The molecule has 1 saturated heterocycles. The van der Waals surface area contributed by atoms with E-state index in [0.29, 0.717) is 16.1 Å². The summed E-state index contributed by atoms with van der Waals surface area (Å²) in [5.41, 5.74) is -5.97. The topological polar surface area (TPSA) is 61.8 Å². The number of halogens is 3. The molecular formula is C18H23F3O5SSe. The van der Waals surface area contributed by atoms with Crippen molar-refractivity contribution in [2.45, 2.75) is 50.0 Å². The molecular weight excluding hydrogens is 464 g/mol. The van der Waals surface area contributed by atoms with Crippen LogP contribution in [-0.4, -0.2) is 40.6 Å². The van der Waals surface area contributed by atoms with E-state index < -0.39 is 29.1 Å². The van der Waals surface area contributed by atoms with Crippen LogP contribution >= 0.6 is 0 Å². The Morgan fingerprint density at radius 3 is 2.36 bits per heavy atom. The molecule has 0 aromatic heterocycles. The number of fused-ring (bicyclic) bond motifs is 1. The van der Waals surface area contributed by atoms with Crippen LogP contribution in [0.4, 0.5) is 13.2 Å². The van der Waals surface area contributed by atoms with E-state index >= 15 is 0 Å². The number of rotatable bonds is 4. The molecule has 5 nitrogen and oxygen atoms in total. The quantitative estimate of drug-likeness (QED) is 0.481. The van der Waals surface area contributed by atoms with Crippen LogP contribution in [0.2, 0.25) is 5.32 Å². The van der Waals surface area contributed by atoms with E-state index in [0.717, 1.165) is 19.3 Å². The Balaban J connectivity index is 1.80. The Labute approximate surface area is 165 Å². The van der Waals surface area contributed by atoms with E-state index in [2.05, 4.69) is 13.8 Å². The Kier molecular flexibility index (Phi) is 4.46. The molecule has 2 aliphatic carbocycles. The second-order valence-corrected chi connectivity index (χ2v) is 15.3. The predicted octanol–water partition coefficient (Wildman–Crippen LogP) is 3.44. The van der Waals surface area contributed by atoms with Gasteiger partial charge in [-0.05, 0) is 0 Å². The maximum atomic E-state index is 13.2. The van der Waals surface area contributed by atoms with Gasteiger partial charge in [0.1, 0.15) is 0 Å². The summed E-state index contributed by atoms with van der Waals surface area (Å²) in [7, 11) is -4.30. The van der Waals surface area contributed by atoms with Crippen molar-refractivity contribution in [3.8, 4) is 5.75 Å². The molecule has 1 aromatic carbocycles. The molecule has 0 N–H and O–H groups in total. The normalized spacial score (nSPS) is 38.8. The van der Waals surface area contributed by atoms with Crippen LogP contribution < -0.4 is 9.20 Å². The molecule has 4 unspecified atom stereocenters. The summed E-state index contributed by atoms with van der Waals surface area (Å²) in [5, 5.41) is 0.222. The summed E-state index contributed by atoms with van der Waals surface area (Å²) in [6, 6.07) is 6.33. The fraction of sp³-hybridized carbons (Fsp3) is 0.667. The average molecular weight is 487 g/mol. The first-order chi connectivity index (χ1) is 12.9. The van der Waals surface area contributed by atoms with E-state index in [-0.39, 0.29) is 22.3 Å². The van der Waals surface area contributed by atoms with Crippen molar-refractivity contribution in [3.05, 3.63) is 24.3 Å². The van der Waals surface area contributed by atoms with E-state index in [4.69, 9.17) is 11.8 Å². The van der Waals surface area contributed by atoms with Crippen LogP contribution in [0.3, 0.4) is 0 Å². The molecule has 3 aliphatic rings. The third-order valence-electron chi connectivity index (χ3n) is 6.98. The van der Waals surface area contributed by atoms with E-state index in [1.54, 1.807) is 24.3 Å². The molecule has 1 aliphatic heterocycles. The van der Waals surface area contributed by atoms with Gasteiger partial charge in [0.25, 0.3) is 0 Å². The van der Waals surface area contributed by atoms with Crippen molar-refractivity contribution in [2.24, 2.45) is 16.7 Å². The number of hydrogen-bond donors (Lipinski definition) is 0. The Bertz CT molecular complexity index is 885. The standard InChI is InChI=1S/C18H23F3O5SSe/c1-16(2)12-8-9-17(16)11-28(25-15(17)10-12,26-27(22,23)18(19,20)21)14-6-4-13(24-3)5-7-14/h4-7,12,15H,8-11H2,1-3H3. The fourth-order valence-corrected chi connectivity index (χ4v) is 15.2. The van der Waals surface area contributed by atoms with Gasteiger partial charge in [-0.15, -0.1) is 0 Å². The van der Waals surface area contributed by atoms with Crippen LogP contribution in [0.5, 0.6) is 5.75 Å². The molecule has 3 fully saturated rings. The van der Waals surface area contributed by atoms with Crippen molar-refractivity contribution in [1.82, 2.24) is 0 Å². The molecule has 2 bridgehead atoms. The third kappa shape index (κ3) is 2.68. The number of methoxy groups -OCH3 is 1. The monoisotopic (exact) mass is 488 g/mol. The van der Waals surface area contributed by atoms with Crippen LogP contribution in [0.1, 0.15) is 33.1 Å². The zero-order valence-electron chi connectivity index (χ0n) is 15.8. The molecule has 4 atom stereocenters. The minimum atomic E-state index is -5.78. The van der Waals surface area contributed by atoms with E-state index in [1.165, 1.54) is 7.11 Å². The Hall–Kier alpha value is -0.801. The minimum absolute atomic E-state index is 0.130. The van der Waals surface area contributed by atoms with Gasteiger partial charge in [0.05, 0.1) is 0 Å². The molecule has 4 rings (SSSR count). The van der Waals surface area contributed by atoms with Crippen molar-refractivity contribution < 1.29 is 33.4 Å². The van der Waals surface area contributed by atoms with Crippen LogP contribution in [0.25, 0.3) is 0 Å². The predicted molar refractivity (Wildman–Crippen MR) is 97.7 cm³/mol. The van der Waals surface area contributed by atoms with Crippen molar-refractivity contribution in [1.29, 1.82) is 0 Å². The molecule has 0 radical (unpaired) electrons. The average Bonchev–Trinajstić information content (AvgIpc) is 3.13. The van der Waals surface area contributed by atoms with Gasteiger partial charge in [0, 0.05) is 0 Å². The summed E-state index contributed by atoms with van der Waals surface area (Å²) in [6.45, 7) is 4.24. The Morgan fingerprint density at radius 1 is 1.21 bits per heavy atom. The number of alkyl halides is 3.